The minimum absolute atomic E-state index is 0.0424. The van der Waals surface area contributed by atoms with Crippen LogP contribution in [0.4, 0.5) is 9.18 Å². The number of rotatable bonds is 8. The fraction of sp³-hybridized carbons (Fsp3) is 0.150. The van der Waals surface area contributed by atoms with Crippen LogP contribution in [-0.2, 0) is 17.9 Å². The molecule has 2 aromatic carbocycles. The van der Waals surface area contributed by atoms with E-state index in [1.165, 1.54) is 10.9 Å². The number of ether oxygens (including phenoxy) is 2. The summed E-state index contributed by atoms with van der Waals surface area (Å²) >= 11 is 0. The zero-order valence-electron chi connectivity index (χ0n) is 15.4. The Bertz CT molecular complexity index is 1040. The minimum atomic E-state index is -1.03. The summed E-state index contributed by atoms with van der Waals surface area (Å²) in [5, 5.41) is 3.96. The van der Waals surface area contributed by atoms with Crippen LogP contribution >= 0.6 is 0 Å². The Morgan fingerprint density at radius 3 is 2.52 bits per heavy atom. The normalized spacial score (nSPS) is 11.3. The first-order valence-corrected chi connectivity index (χ1v) is 8.69. The van der Waals surface area contributed by atoms with Gasteiger partial charge in [-0.15, -0.1) is 0 Å². The smallest absolute Gasteiger partial charge is 0.404 e. The van der Waals surface area contributed by atoms with E-state index in [-0.39, 0.29) is 25.1 Å². The van der Waals surface area contributed by atoms with Gasteiger partial charge < -0.3 is 15.2 Å². The van der Waals surface area contributed by atoms with Crippen molar-refractivity contribution in [2.45, 2.75) is 13.2 Å². The number of hydrogen-bond acceptors (Lipinski definition) is 5. The summed E-state index contributed by atoms with van der Waals surface area (Å²) < 4.78 is 25.6. The van der Waals surface area contributed by atoms with E-state index < -0.39 is 11.8 Å². The minimum Gasteiger partial charge on any atom is -0.489 e. The molecule has 0 unspecified atom stereocenters. The third-order valence-electron chi connectivity index (χ3n) is 4.00. The molecule has 9 heteroatoms. The molecule has 8 nitrogen and oxygen atoms in total. The second-order valence-electron chi connectivity index (χ2n) is 6.08. The molecule has 0 saturated carbocycles. The third-order valence-corrected chi connectivity index (χ3v) is 4.00. The molecule has 0 bridgehead atoms. The van der Waals surface area contributed by atoms with Gasteiger partial charge in [0, 0.05) is 5.57 Å². The number of amides is 1. The molecule has 0 radical (unpaired) electrons. The molecule has 0 atom stereocenters. The van der Waals surface area contributed by atoms with Gasteiger partial charge in [0.2, 0.25) is 0 Å². The Hall–Kier alpha value is -3.88. The Morgan fingerprint density at radius 2 is 1.86 bits per heavy atom. The van der Waals surface area contributed by atoms with Crippen LogP contribution in [0, 0.1) is 0 Å². The fourth-order valence-corrected chi connectivity index (χ4v) is 2.53. The van der Waals surface area contributed by atoms with E-state index in [1.807, 2.05) is 30.3 Å². The number of aromatic nitrogens is 3. The van der Waals surface area contributed by atoms with Crippen molar-refractivity contribution in [2.24, 2.45) is 5.73 Å². The lowest BCUT2D eigenvalue weighted by Gasteiger charge is -2.07. The van der Waals surface area contributed by atoms with Gasteiger partial charge in [0.05, 0.1) is 18.6 Å². The maximum absolute atomic E-state index is 12.9. The Kier molecular flexibility index (Phi) is 6.41. The predicted molar refractivity (Wildman–Crippen MR) is 103 cm³/mol. The van der Waals surface area contributed by atoms with Crippen LogP contribution in [0.1, 0.15) is 5.56 Å². The lowest BCUT2D eigenvalue weighted by atomic mass is 10.2. The lowest BCUT2D eigenvalue weighted by molar-refractivity contribution is 0.164. The molecule has 2 N–H and O–H groups in total. The molecule has 29 heavy (non-hydrogen) atoms. The topological polar surface area (TPSA) is 101 Å². The average molecular weight is 398 g/mol. The van der Waals surface area contributed by atoms with E-state index in [4.69, 9.17) is 10.5 Å². The number of halogens is 1. The summed E-state index contributed by atoms with van der Waals surface area (Å²) in [5.74, 6) is 0.657. The molecule has 1 heterocycles. The number of benzene rings is 2. The van der Waals surface area contributed by atoms with E-state index in [2.05, 4.69) is 9.84 Å². The molecule has 0 saturated heterocycles. The molecule has 0 fully saturated rings. The van der Waals surface area contributed by atoms with Gasteiger partial charge in [-0.25, -0.2) is 23.2 Å². The number of nitrogens with two attached hydrogens (primary N) is 1. The van der Waals surface area contributed by atoms with Gasteiger partial charge in [-0.2, -0.15) is 5.10 Å². The van der Waals surface area contributed by atoms with Crippen molar-refractivity contribution >= 4 is 6.09 Å². The molecule has 3 rings (SSSR count). The number of carbonyl (C=O) groups excluding carboxylic acids is 1. The van der Waals surface area contributed by atoms with Gasteiger partial charge in [0.25, 0.3) is 0 Å². The monoisotopic (exact) mass is 398 g/mol. The van der Waals surface area contributed by atoms with Crippen molar-refractivity contribution in [3.63, 3.8) is 0 Å². The highest BCUT2D eigenvalue weighted by Gasteiger charge is 2.10. The number of nitrogens with zero attached hydrogens (tertiary/aromatic N) is 3. The van der Waals surface area contributed by atoms with Crippen LogP contribution in [0.15, 0.2) is 77.6 Å². The second kappa shape index (κ2) is 9.36. The quantitative estimate of drug-likeness (QED) is 0.628. The SMILES string of the molecule is NC(=O)OC/C(=C/F)Cn1ncn(-c2ccc(OCc3ccccc3)cc2)c1=O. The zero-order chi connectivity index (χ0) is 20.6. The molecular weight excluding hydrogens is 379 g/mol. The van der Waals surface area contributed by atoms with Crippen molar-refractivity contribution in [3.8, 4) is 11.4 Å². The molecule has 0 aliphatic carbocycles. The number of carbonyl (C=O) groups is 1. The van der Waals surface area contributed by atoms with Crippen molar-refractivity contribution in [1.82, 2.24) is 14.3 Å². The maximum Gasteiger partial charge on any atom is 0.404 e. The molecule has 0 spiro atoms. The average Bonchev–Trinajstić information content (AvgIpc) is 3.10. The van der Waals surface area contributed by atoms with Gasteiger partial charge in [0.15, 0.2) is 0 Å². The predicted octanol–water partition coefficient (Wildman–Crippen LogP) is 2.56. The van der Waals surface area contributed by atoms with Gasteiger partial charge in [-0.05, 0) is 29.8 Å². The third kappa shape index (κ3) is 5.32. The van der Waals surface area contributed by atoms with E-state index in [9.17, 15) is 14.0 Å². The van der Waals surface area contributed by atoms with Crippen LogP contribution in [0.5, 0.6) is 5.75 Å². The Balaban J connectivity index is 1.66. The zero-order valence-corrected chi connectivity index (χ0v) is 15.4. The molecule has 1 aromatic heterocycles. The maximum atomic E-state index is 12.9. The number of primary amides is 1. The van der Waals surface area contributed by atoms with E-state index >= 15 is 0 Å². The fourth-order valence-electron chi connectivity index (χ4n) is 2.53. The highest BCUT2D eigenvalue weighted by Crippen LogP contribution is 2.16. The summed E-state index contributed by atoms with van der Waals surface area (Å²) in [4.78, 5) is 23.1. The van der Waals surface area contributed by atoms with Crippen LogP contribution in [0.2, 0.25) is 0 Å². The molecule has 0 aliphatic heterocycles. The molecule has 1 amide bonds. The summed E-state index contributed by atoms with van der Waals surface area (Å²) in [6, 6.07) is 16.7. The van der Waals surface area contributed by atoms with Crippen molar-refractivity contribution in [2.75, 3.05) is 6.61 Å². The standard InChI is InChI=1S/C20H19FN4O4/c21-10-16(13-29-19(22)26)11-25-20(27)24(14-23-25)17-6-8-18(9-7-17)28-12-15-4-2-1-3-5-15/h1-10,14H,11-13H2,(H2,22,26)/b16-10+. The Labute approximate surface area is 165 Å². The second-order valence-corrected chi connectivity index (χ2v) is 6.08. The first-order valence-electron chi connectivity index (χ1n) is 8.69. The summed E-state index contributed by atoms with van der Waals surface area (Å²) in [5.41, 5.74) is 6.05. The van der Waals surface area contributed by atoms with Crippen LogP contribution in [0.3, 0.4) is 0 Å². The summed E-state index contributed by atoms with van der Waals surface area (Å²) in [6.07, 6.45) is 0.553. The highest BCUT2D eigenvalue weighted by molar-refractivity contribution is 5.64. The van der Waals surface area contributed by atoms with E-state index in [0.717, 1.165) is 10.2 Å². The van der Waals surface area contributed by atoms with Crippen LogP contribution in [0.25, 0.3) is 5.69 Å². The molecule has 0 aliphatic rings. The lowest BCUT2D eigenvalue weighted by Crippen LogP contribution is -2.26. The number of hydrogen-bond donors (Lipinski definition) is 1. The Morgan fingerprint density at radius 1 is 1.14 bits per heavy atom. The first kappa shape index (κ1) is 19.9. The summed E-state index contributed by atoms with van der Waals surface area (Å²) in [7, 11) is 0. The van der Waals surface area contributed by atoms with Crippen LogP contribution in [-0.4, -0.2) is 27.0 Å². The first-order chi connectivity index (χ1) is 14.1. The molecule has 3 aromatic rings. The van der Waals surface area contributed by atoms with E-state index in [0.29, 0.717) is 18.0 Å². The van der Waals surface area contributed by atoms with E-state index in [1.54, 1.807) is 24.3 Å². The van der Waals surface area contributed by atoms with Gasteiger partial charge in [-0.1, -0.05) is 30.3 Å². The van der Waals surface area contributed by atoms with Crippen LogP contribution < -0.4 is 16.2 Å². The van der Waals surface area contributed by atoms with Gasteiger partial charge in [-0.3, -0.25) is 0 Å². The van der Waals surface area contributed by atoms with Gasteiger partial charge in [0.1, 0.15) is 25.3 Å². The molecule has 150 valence electrons. The van der Waals surface area contributed by atoms with Crippen molar-refractivity contribution in [3.05, 3.63) is 88.9 Å². The van der Waals surface area contributed by atoms with Gasteiger partial charge >= 0.3 is 11.8 Å². The highest BCUT2D eigenvalue weighted by atomic mass is 19.1. The summed E-state index contributed by atoms with van der Waals surface area (Å²) in [6.45, 7) is -0.101. The van der Waals surface area contributed by atoms with Crippen molar-refractivity contribution < 1.29 is 18.7 Å². The molecular formula is C20H19FN4O4. The van der Waals surface area contributed by atoms with Crippen molar-refractivity contribution in [1.29, 1.82) is 0 Å². The largest absolute Gasteiger partial charge is 0.489 e.